The molecule has 2 aromatic carbocycles. The van der Waals surface area contributed by atoms with Crippen LogP contribution in [0, 0.1) is 0 Å². The summed E-state index contributed by atoms with van der Waals surface area (Å²) in [6, 6.07) is 16.8. The first-order valence-electron chi connectivity index (χ1n) is 7.78. The van der Waals surface area contributed by atoms with Crippen LogP contribution in [0.4, 0.5) is 5.69 Å². The van der Waals surface area contributed by atoms with Gasteiger partial charge in [-0.05, 0) is 29.7 Å². The highest BCUT2D eigenvalue weighted by Crippen LogP contribution is 2.21. The Morgan fingerprint density at radius 1 is 1.04 bits per heavy atom. The molecule has 0 saturated carbocycles. The molecule has 0 aliphatic heterocycles. The number of benzene rings is 2. The van der Waals surface area contributed by atoms with E-state index >= 15 is 0 Å². The van der Waals surface area contributed by atoms with Crippen LogP contribution in [0.2, 0.25) is 0 Å². The SMILES string of the molecule is CC[C@@H](C(=O)Nc1ccc(CNS(C)(=O)=O)cc1)c1ccccc1. The van der Waals surface area contributed by atoms with E-state index in [-0.39, 0.29) is 18.4 Å². The van der Waals surface area contributed by atoms with Crippen LogP contribution in [-0.4, -0.2) is 20.6 Å². The molecule has 0 unspecified atom stereocenters. The summed E-state index contributed by atoms with van der Waals surface area (Å²) in [6.07, 6.45) is 1.84. The van der Waals surface area contributed by atoms with E-state index in [4.69, 9.17) is 0 Å². The lowest BCUT2D eigenvalue weighted by Crippen LogP contribution is -2.21. The Labute approximate surface area is 143 Å². The van der Waals surface area contributed by atoms with Crippen molar-refractivity contribution in [2.45, 2.75) is 25.8 Å². The summed E-state index contributed by atoms with van der Waals surface area (Å²) in [6.45, 7) is 2.21. The average molecular weight is 346 g/mol. The van der Waals surface area contributed by atoms with E-state index in [1.165, 1.54) is 0 Å². The zero-order valence-corrected chi connectivity index (χ0v) is 14.6. The van der Waals surface area contributed by atoms with Crippen molar-refractivity contribution in [2.24, 2.45) is 0 Å². The molecule has 0 radical (unpaired) electrons. The second kappa shape index (κ2) is 8.08. The van der Waals surface area contributed by atoms with Crippen LogP contribution in [0.25, 0.3) is 0 Å². The van der Waals surface area contributed by atoms with Gasteiger partial charge < -0.3 is 5.32 Å². The largest absolute Gasteiger partial charge is 0.326 e. The molecule has 5 nitrogen and oxygen atoms in total. The standard InChI is InChI=1S/C18H22N2O3S/c1-3-17(15-7-5-4-6-8-15)18(21)20-16-11-9-14(10-12-16)13-19-24(2,22)23/h4-12,17,19H,3,13H2,1-2H3,(H,20,21)/t17-/m1/s1. The van der Waals surface area contributed by atoms with E-state index in [0.29, 0.717) is 12.1 Å². The number of anilines is 1. The maximum absolute atomic E-state index is 12.5. The molecule has 0 aromatic heterocycles. The Hall–Kier alpha value is -2.18. The third-order valence-corrected chi connectivity index (χ3v) is 4.36. The molecule has 0 heterocycles. The molecule has 1 amide bonds. The molecule has 0 aliphatic carbocycles. The number of sulfonamides is 1. The van der Waals surface area contributed by atoms with Crippen molar-refractivity contribution in [1.82, 2.24) is 4.72 Å². The fraction of sp³-hybridized carbons (Fsp3) is 0.278. The van der Waals surface area contributed by atoms with Gasteiger partial charge in [-0.2, -0.15) is 0 Å². The molecule has 2 aromatic rings. The highest BCUT2D eigenvalue weighted by atomic mass is 32.2. The van der Waals surface area contributed by atoms with Crippen LogP contribution in [0.15, 0.2) is 54.6 Å². The number of nitrogens with one attached hydrogen (secondary N) is 2. The molecule has 0 aliphatic rings. The predicted molar refractivity (Wildman–Crippen MR) is 96.2 cm³/mol. The van der Waals surface area contributed by atoms with Gasteiger partial charge >= 0.3 is 0 Å². The number of hydrogen-bond donors (Lipinski definition) is 2. The summed E-state index contributed by atoms with van der Waals surface area (Å²) in [5.41, 5.74) is 2.51. The second-order valence-electron chi connectivity index (χ2n) is 5.65. The lowest BCUT2D eigenvalue weighted by molar-refractivity contribution is -0.117. The summed E-state index contributed by atoms with van der Waals surface area (Å²) in [5.74, 6) is -0.247. The fourth-order valence-corrected chi connectivity index (χ4v) is 2.84. The highest BCUT2D eigenvalue weighted by Gasteiger charge is 2.18. The van der Waals surface area contributed by atoms with Gasteiger partial charge in [0.15, 0.2) is 0 Å². The molecular weight excluding hydrogens is 324 g/mol. The normalized spacial score (nSPS) is 12.6. The molecule has 2 rings (SSSR count). The van der Waals surface area contributed by atoms with Crippen molar-refractivity contribution >= 4 is 21.6 Å². The van der Waals surface area contributed by atoms with Gasteiger partial charge in [-0.3, -0.25) is 4.79 Å². The molecular formula is C18H22N2O3S. The van der Waals surface area contributed by atoms with Crippen LogP contribution in [-0.2, 0) is 21.4 Å². The van der Waals surface area contributed by atoms with Gasteiger partial charge in [0.25, 0.3) is 0 Å². The molecule has 6 heteroatoms. The van der Waals surface area contributed by atoms with E-state index < -0.39 is 10.0 Å². The summed E-state index contributed by atoms with van der Waals surface area (Å²) in [4.78, 5) is 12.5. The number of hydrogen-bond acceptors (Lipinski definition) is 3. The summed E-state index contributed by atoms with van der Waals surface area (Å²) < 4.78 is 24.6. The van der Waals surface area contributed by atoms with Gasteiger partial charge in [0, 0.05) is 12.2 Å². The molecule has 0 saturated heterocycles. The van der Waals surface area contributed by atoms with E-state index in [1.54, 1.807) is 24.3 Å². The van der Waals surface area contributed by atoms with Crippen LogP contribution < -0.4 is 10.0 Å². The smallest absolute Gasteiger partial charge is 0.231 e. The molecule has 0 fully saturated rings. The predicted octanol–water partition coefficient (Wildman–Crippen LogP) is 2.87. The van der Waals surface area contributed by atoms with Crippen molar-refractivity contribution in [3.8, 4) is 0 Å². The van der Waals surface area contributed by atoms with Crippen molar-refractivity contribution < 1.29 is 13.2 Å². The maximum Gasteiger partial charge on any atom is 0.231 e. The van der Waals surface area contributed by atoms with E-state index in [9.17, 15) is 13.2 Å². The van der Waals surface area contributed by atoms with Gasteiger partial charge in [0.1, 0.15) is 0 Å². The lowest BCUT2D eigenvalue weighted by atomic mass is 9.95. The minimum Gasteiger partial charge on any atom is -0.326 e. The van der Waals surface area contributed by atoms with Crippen molar-refractivity contribution in [3.63, 3.8) is 0 Å². The zero-order chi connectivity index (χ0) is 17.6. The monoisotopic (exact) mass is 346 g/mol. The van der Waals surface area contributed by atoms with Gasteiger partial charge in [-0.15, -0.1) is 0 Å². The Morgan fingerprint density at radius 3 is 2.21 bits per heavy atom. The topological polar surface area (TPSA) is 75.3 Å². The Balaban J connectivity index is 2.01. The van der Waals surface area contributed by atoms with E-state index in [1.807, 2.05) is 37.3 Å². The molecule has 0 spiro atoms. The maximum atomic E-state index is 12.5. The summed E-state index contributed by atoms with van der Waals surface area (Å²) in [7, 11) is -3.22. The van der Waals surface area contributed by atoms with Gasteiger partial charge in [-0.25, -0.2) is 13.1 Å². The highest BCUT2D eigenvalue weighted by molar-refractivity contribution is 7.88. The molecule has 1 atom stereocenters. The number of rotatable bonds is 7. The summed E-state index contributed by atoms with van der Waals surface area (Å²) in [5, 5.41) is 2.91. The molecule has 24 heavy (non-hydrogen) atoms. The first-order valence-corrected chi connectivity index (χ1v) is 9.67. The van der Waals surface area contributed by atoms with Crippen molar-refractivity contribution in [3.05, 3.63) is 65.7 Å². The number of carbonyl (C=O) groups is 1. The second-order valence-corrected chi connectivity index (χ2v) is 7.48. The minimum atomic E-state index is -3.22. The lowest BCUT2D eigenvalue weighted by Gasteiger charge is -2.15. The van der Waals surface area contributed by atoms with E-state index in [0.717, 1.165) is 17.4 Å². The molecule has 2 N–H and O–H groups in total. The minimum absolute atomic E-state index is 0.0503. The van der Waals surface area contributed by atoms with Crippen molar-refractivity contribution in [2.75, 3.05) is 11.6 Å². The van der Waals surface area contributed by atoms with Gasteiger partial charge in [0.05, 0.1) is 12.2 Å². The van der Waals surface area contributed by atoms with E-state index in [2.05, 4.69) is 10.0 Å². The average Bonchev–Trinajstić information content (AvgIpc) is 2.55. The fourth-order valence-electron chi connectivity index (χ4n) is 2.41. The van der Waals surface area contributed by atoms with Crippen LogP contribution in [0.1, 0.15) is 30.4 Å². The number of amides is 1. The molecule has 0 bridgehead atoms. The third-order valence-electron chi connectivity index (χ3n) is 3.69. The van der Waals surface area contributed by atoms with Crippen LogP contribution in [0.5, 0.6) is 0 Å². The Morgan fingerprint density at radius 2 is 1.67 bits per heavy atom. The Kier molecular flexibility index (Phi) is 6.11. The number of carbonyl (C=O) groups excluding carboxylic acids is 1. The Bertz CT molecular complexity index is 772. The first-order chi connectivity index (χ1) is 11.4. The summed E-state index contributed by atoms with van der Waals surface area (Å²) >= 11 is 0. The van der Waals surface area contributed by atoms with Crippen molar-refractivity contribution in [1.29, 1.82) is 0 Å². The van der Waals surface area contributed by atoms with Gasteiger partial charge in [0.2, 0.25) is 15.9 Å². The first kappa shape index (κ1) is 18.2. The van der Waals surface area contributed by atoms with Crippen LogP contribution in [0.3, 0.4) is 0 Å². The molecule has 128 valence electrons. The van der Waals surface area contributed by atoms with Crippen LogP contribution >= 0.6 is 0 Å². The quantitative estimate of drug-likeness (QED) is 0.809. The zero-order valence-electron chi connectivity index (χ0n) is 13.8. The third kappa shape index (κ3) is 5.47. The van der Waals surface area contributed by atoms with Gasteiger partial charge in [-0.1, -0.05) is 49.4 Å².